The van der Waals surface area contributed by atoms with Crippen molar-refractivity contribution in [2.24, 2.45) is 5.41 Å². The summed E-state index contributed by atoms with van der Waals surface area (Å²) in [5.41, 5.74) is -0.104. The molecular formula is C13H24N2O2. The van der Waals surface area contributed by atoms with Gasteiger partial charge in [0.25, 0.3) is 0 Å². The Balaban J connectivity index is 1.96. The van der Waals surface area contributed by atoms with E-state index in [0.717, 1.165) is 38.8 Å². The number of carbonyl (C=O) groups is 1. The molecule has 1 N–H and O–H groups in total. The molecule has 1 amide bonds. The summed E-state index contributed by atoms with van der Waals surface area (Å²) in [6.45, 7) is 2.68. The molecule has 0 spiro atoms. The fourth-order valence-corrected chi connectivity index (χ4v) is 2.98. The van der Waals surface area contributed by atoms with Crippen LogP contribution in [0.25, 0.3) is 0 Å². The minimum absolute atomic E-state index is 0.104. The lowest BCUT2D eigenvalue weighted by atomic mass is 9.65. The predicted molar refractivity (Wildman–Crippen MR) is 66.8 cm³/mol. The third-order valence-electron chi connectivity index (χ3n) is 4.45. The van der Waals surface area contributed by atoms with E-state index < -0.39 is 0 Å². The molecule has 2 rings (SSSR count). The van der Waals surface area contributed by atoms with Gasteiger partial charge in [0, 0.05) is 33.4 Å². The molecule has 1 heterocycles. The Labute approximate surface area is 104 Å². The molecule has 4 nitrogen and oxygen atoms in total. The van der Waals surface area contributed by atoms with E-state index in [1.165, 1.54) is 6.42 Å². The van der Waals surface area contributed by atoms with Gasteiger partial charge in [-0.15, -0.1) is 0 Å². The fraction of sp³-hybridized carbons (Fsp3) is 0.923. The Morgan fingerprint density at radius 2 is 2.29 bits per heavy atom. The summed E-state index contributed by atoms with van der Waals surface area (Å²) >= 11 is 0. The first-order valence-electron chi connectivity index (χ1n) is 6.66. The highest BCUT2D eigenvalue weighted by molar-refractivity contribution is 5.83. The highest BCUT2D eigenvalue weighted by Gasteiger charge is 2.46. The minimum atomic E-state index is -0.104. The van der Waals surface area contributed by atoms with Crippen molar-refractivity contribution in [3.63, 3.8) is 0 Å². The van der Waals surface area contributed by atoms with Crippen molar-refractivity contribution in [3.05, 3.63) is 0 Å². The molecule has 2 fully saturated rings. The maximum atomic E-state index is 12.6. The lowest BCUT2D eigenvalue weighted by Gasteiger charge is -2.44. The second-order valence-electron chi connectivity index (χ2n) is 5.44. The lowest BCUT2D eigenvalue weighted by Crippen LogP contribution is -2.50. The normalized spacial score (nSPS) is 26.6. The van der Waals surface area contributed by atoms with Crippen LogP contribution in [0.2, 0.25) is 0 Å². The quantitative estimate of drug-likeness (QED) is 0.780. The number of nitrogens with zero attached hydrogens (tertiary/aromatic N) is 1. The molecule has 0 bridgehead atoms. The second-order valence-corrected chi connectivity index (χ2v) is 5.44. The molecule has 0 aromatic rings. The monoisotopic (exact) mass is 240 g/mol. The first-order chi connectivity index (χ1) is 8.19. The van der Waals surface area contributed by atoms with E-state index in [1.54, 1.807) is 7.11 Å². The number of hydrogen-bond acceptors (Lipinski definition) is 3. The average Bonchev–Trinajstić information content (AvgIpc) is 2.80. The van der Waals surface area contributed by atoms with Crippen LogP contribution in [0.3, 0.4) is 0 Å². The summed E-state index contributed by atoms with van der Waals surface area (Å²) in [6.07, 6.45) is 5.24. The molecule has 0 aromatic heterocycles. The first kappa shape index (κ1) is 12.8. The zero-order valence-electron chi connectivity index (χ0n) is 11.0. The van der Waals surface area contributed by atoms with Crippen molar-refractivity contribution >= 4 is 5.91 Å². The van der Waals surface area contributed by atoms with Crippen LogP contribution in [-0.2, 0) is 9.53 Å². The van der Waals surface area contributed by atoms with Crippen LogP contribution < -0.4 is 5.32 Å². The van der Waals surface area contributed by atoms with Gasteiger partial charge in [0.15, 0.2) is 0 Å². The van der Waals surface area contributed by atoms with Gasteiger partial charge in [-0.1, -0.05) is 6.42 Å². The number of carbonyl (C=O) groups excluding carboxylic acids is 1. The standard InChI is InChI=1S/C13H24N2O2/c1-15(11-4-8-14-10-11)12(16)13(5-3-6-13)7-9-17-2/h11,14H,3-10H2,1-2H3. The Bertz CT molecular complexity index is 271. The molecule has 1 unspecified atom stereocenters. The summed E-state index contributed by atoms with van der Waals surface area (Å²) in [4.78, 5) is 14.6. The van der Waals surface area contributed by atoms with E-state index in [9.17, 15) is 4.79 Å². The Morgan fingerprint density at radius 1 is 1.53 bits per heavy atom. The summed E-state index contributed by atoms with van der Waals surface area (Å²) in [6, 6.07) is 0.391. The predicted octanol–water partition coefficient (Wildman–Crippen LogP) is 1.01. The zero-order chi connectivity index (χ0) is 12.3. The highest BCUT2D eigenvalue weighted by Crippen LogP contribution is 2.45. The highest BCUT2D eigenvalue weighted by atomic mass is 16.5. The number of nitrogens with one attached hydrogen (secondary N) is 1. The molecule has 1 atom stereocenters. The van der Waals surface area contributed by atoms with Crippen LogP contribution in [0.5, 0.6) is 0 Å². The van der Waals surface area contributed by atoms with Crippen molar-refractivity contribution in [1.29, 1.82) is 0 Å². The molecule has 17 heavy (non-hydrogen) atoms. The molecule has 1 saturated carbocycles. The van der Waals surface area contributed by atoms with E-state index in [1.807, 2.05) is 11.9 Å². The van der Waals surface area contributed by atoms with Gasteiger partial charge in [-0.2, -0.15) is 0 Å². The summed E-state index contributed by atoms with van der Waals surface area (Å²) < 4.78 is 5.15. The molecule has 2 aliphatic rings. The average molecular weight is 240 g/mol. The Hall–Kier alpha value is -0.610. The minimum Gasteiger partial charge on any atom is -0.385 e. The van der Waals surface area contributed by atoms with Crippen molar-refractivity contribution in [1.82, 2.24) is 10.2 Å². The summed E-state index contributed by atoms with van der Waals surface area (Å²) in [5, 5.41) is 3.32. The molecular weight excluding hydrogens is 216 g/mol. The summed E-state index contributed by atoms with van der Waals surface area (Å²) in [5.74, 6) is 0.342. The third kappa shape index (κ3) is 2.47. The largest absolute Gasteiger partial charge is 0.385 e. The molecule has 0 aromatic carbocycles. The molecule has 4 heteroatoms. The number of methoxy groups -OCH3 is 1. The zero-order valence-corrected chi connectivity index (χ0v) is 11.0. The van der Waals surface area contributed by atoms with E-state index in [2.05, 4.69) is 5.32 Å². The van der Waals surface area contributed by atoms with Gasteiger partial charge in [-0.25, -0.2) is 0 Å². The fourth-order valence-electron chi connectivity index (χ4n) is 2.98. The summed E-state index contributed by atoms with van der Waals surface area (Å²) in [7, 11) is 3.67. The number of hydrogen-bond donors (Lipinski definition) is 1. The van der Waals surface area contributed by atoms with Gasteiger partial charge < -0.3 is 15.0 Å². The van der Waals surface area contributed by atoms with Gasteiger partial charge in [-0.3, -0.25) is 4.79 Å². The van der Waals surface area contributed by atoms with Crippen LogP contribution in [-0.4, -0.2) is 50.7 Å². The van der Waals surface area contributed by atoms with E-state index in [0.29, 0.717) is 18.6 Å². The molecule has 0 radical (unpaired) electrons. The maximum Gasteiger partial charge on any atom is 0.228 e. The lowest BCUT2D eigenvalue weighted by molar-refractivity contribution is -0.149. The third-order valence-corrected chi connectivity index (χ3v) is 4.45. The molecule has 1 aliphatic heterocycles. The van der Waals surface area contributed by atoms with E-state index in [-0.39, 0.29) is 5.41 Å². The van der Waals surface area contributed by atoms with Gasteiger partial charge in [0.05, 0.1) is 5.41 Å². The van der Waals surface area contributed by atoms with Crippen LogP contribution in [0.4, 0.5) is 0 Å². The number of likely N-dealkylation sites (N-methyl/N-ethyl adjacent to an activating group) is 1. The Kier molecular flexibility index (Phi) is 4.05. The Morgan fingerprint density at radius 3 is 2.76 bits per heavy atom. The van der Waals surface area contributed by atoms with Crippen LogP contribution in [0.1, 0.15) is 32.1 Å². The SMILES string of the molecule is COCCC1(C(=O)N(C)C2CCNC2)CCC1. The number of amides is 1. The first-order valence-corrected chi connectivity index (χ1v) is 6.66. The molecule has 98 valence electrons. The van der Waals surface area contributed by atoms with Gasteiger partial charge in [-0.05, 0) is 32.2 Å². The molecule has 1 saturated heterocycles. The second kappa shape index (κ2) is 5.36. The smallest absolute Gasteiger partial charge is 0.228 e. The van der Waals surface area contributed by atoms with Gasteiger partial charge in [0.1, 0.15) is 0 Å². The van der Waals surface area contributed by atoms with Crippen molar-refractivity contribution < 1.29 is 9.53 Å². The van der Waals surface area contributed by atoms with Crippen LogP contribution >= 0.6 is 0 Å². The van der Waals surface area contributed by atoms with Crippen LogP contribution in [0, 0.1) is 5.41 Å². The van der Waals surface area contributed by atoms with Crippen molar-refractivity contribution in [2.75, 3.05) is 33.9 Å². The van der Waals surface area contributed by atoms with Crippen molar-refractivity contribution in [2.45, 2.75) is 38.1 Å². The van der Waals surface area contributed by atoms with Crippen LogP contribution in [0.15, 0.2) is 0 Å². The van der Waals surface area contributed by atoms with Gasteiger partial charge in [0.2, 0.25) is 5.91 Å². The van der Waals surface area contributed by atoms with Crippen molar-refractivity contribution in [3.8, 4) is 0 Å². The van der Waals surface area contributed by atoms with E-state index in [4.69, 9.17) is 4.74 Å². The van der Waals surface area contributed by atoms with E-state index >= 15 is 0 Å². The topological polar surface area (TPSA) is 41.6 Å². The number of rotatable bonds is 5. The number of ether oxygens (including phenoxy) is 1. The maximum absolute atomic E-state index is 12.6. The molecule has 1 aliphatic carbocycles. The van der Waals surface area contributed by atoms with Gasteiger partial charge >= 0.3 is 0 Å².